The lowest BCUT2D eigenvalue weighted by molar-refractivity contribution is 0.0937. The van der Waals surface area contributed by atoms with Crippen LogP contribution in [0, 0.1) is 6.92 Å². The molecule has 3 heterocycles. The van der Waals surface area contributed by atoms with Gasteiger partial charge in [0.25, 0.3) is 5.56 Å². The van der Waals surface area contributed by atoms with Crippen molar-refractivity contribution < 1.29 is 13.9 Å². The molecule has 7 nitrogen and oxygen atoms in total. The van der Waals surface area contributed by atoms with Crippen LogP contribution in [0.2, 0.25) is 0 Å². The fourth-order valence-corrected chi connectivity index (χ4v) is 5.05. The lowest BCUT2D eigenvalue weighted by atomic mass is 10.2. The quantitative estimate of drug-likeness (QED) is 0.287. The Hall–Kier alpha value is -3.10. The summed E-state index contributed by atoms with van der Waals surface area (Å²) >= 11 is 1.49. The zero-order valence-corrected chi connectivity index (χ0v) is 19.4. The maximum Gasteiger partial charge on any atom is 0.262 e. The van der Waals surface area contributed by atoms with Gasteiger partial charge in [-0.3, -0.25) is 9.36 Å². The summed E-state index contributed by atoms with van der Waals surface area (Å²) in [6.07, 6.45) is 2.01. The van der Waals surface area contributed by atoms with Gasteiger partial charge in [0.2, 0.25) is 5.89 Å². The Kier molecular flexibility index (Phi) is 6.20. The van der Waals surface area contributed by atoms with E-state index in [4.69, 9.17) is 23.9 Å². The molecule has 0 saturated carbocycles. The molecule has 170 valence electrons. The summed E-state index contributed by atoms with van der Waals surface area (Å²) in [5.41, 5.74) is 2.27. The molecule has 1 unspecified atom stereocenters. The van der Waals surface area contributed by atoms with Crippen LogP contribution < -0.4 is 10.3 Å². The van der Waals surface area contributed by atoms with Crippen LogP contribution in [-0.4, -0.2) is 34.4 Å². The molecule has 1 aliphatic heterocycles. The minimum absolute atomic E-state index is 0.0369. The van der Waals surface area contributed by atoms with Crippen LogP contribution in [-0.2, 0) is 17.0 Å². The summed E-state index contributed by atoms with van der Waals surface area (Å²) in [5.74, 6) is 2.49. The summed E-state index contributed by atoms with van der Waals surface area (Å²) in [5, 5.41) is 1.28. The van der Waals surface area contributed by atoms with Crippen molar-refractivity contribution in [1.29, 1.82) is 0 Å². The second-order valence-corrected chi connectivity index (χ2v) is 8.92. The van der Waals surface area contributed by atoms with Crippen molar-refractivity contribution in [3.8, 4) is 17.2 Å². The number of ether oxygens (including phenoxy) is 2. The number of nitrogens with zero attached hydrogens (tertiary/aromatic N) is 3. The fourth-order valence-electron chi connectivity index (χ4n) is 4.04. The number of hydrogen-bond acceptors (Lipinski definition) is 7. The molecule has 0 spiro atoms. The van der Waals surface area contributed by atoms with Gasteiger partial charge in [0.1, 0.15) is 11.5 Å². The van der Waals surface area contributed by atoms with Gasteiger partial charge in [0.05, 0.1) is 41.9 Å². The van der Waals surface area contributed by atoms with Crippen molar-refractivity contribution in [2.24, 2.45) is 0 Å². The molecule has 1 fully saturated rings. The molecular weight excluding hydrogens is 438 g/mol. The molecule has 0 aliphatic carbocycles. The number of rotatable bonds is 7. The van der Waals surface area contributed by atoms with E-state index in [0.29, 0.717) is 40.0 Å². The van der Waals surface area contributed by atoms with Crippen molar-refractivity contribution in [2.75, 3.05) is 13.7 Å². The number of para-hydroxylation sites is 2. The Balaban J connectivity index is 1.46. The second kappa shape index (κ2) is 9.41. The van der Waals surface area contributed by atoms with Crippen molar-refractivity contribution in [1.82, 2.24) is 14.5 Å². The van der Waals surface area contributed by atoms with E-state index in [1.165, 1.54) is 11.8 Å². The zero-order chi connectivity index (χ0) is 22.8. The largest absolute Gasteiger partial charge is 0.496 e. The first-order chi connectivity index (χ1) is 16.1. The van der Waals surface area contributed by atoms with Gasteiger partial charge in [0, 0.05) is 12.4 Å². The van der Waals surface area contributed by atoms with Gasteiger partial charge in [-0.05, 0) is 44.0 Å². The molecule has 1 saturated heterocycles. The third-order valence-corrected chi connectivity index (χ3v) is 6.79. The van der Waals surface area contributed by atoms with E-state index in [1.807, 2.05) is 55.5 Å². The molecule has 2 aromatic heterocycles. The molecule has 1 atom stereocenters. The maximum atomic E-state index is 13.3. The van der Waals surface area contributed by atoms with Gasteiger partial charge in [-0.15, -0.1) is 0 Å². The van der Waals surface area contributed by atoms with Crippen LogP contribution in [0.1, 0.15) is 24.3 Å². The lowest BCUT2D eigenvalue weighted by Gasteiger charge is -2.16. The third-order valence-electron chi connectivity index (χ3n) is 5.80. The molecule has 0 radical (unpaired) electrons. The molecule has 5 rings (SSSR count). The SMILES string of the molecule is COc1ccccc1-c1nc(CSc2nc3ccccc3c(=O)n2CC2CCCO2)c(C)o1. The molecule has 4 aromatic rings. The van der Waals surface area contributed by atoms with E-state index in [0.717, 1.165) is 36.5 Å². The Morgan fingerprint density at radius 3 is 2.79 bits per heavy atom. The Labute approximate surface area is 195 Å². The Bertz CT molecular complexity index is 1340. The number of methoxy groups -OCH3 is 1. The van der Waals surface area contributed by atoms with Crippen LogP contribution in [0.5, 0.6) is 5.75 Å². The minimum Gasteiger partial charge on any atom is -0.496 e. The molecule has 1 aliphatic rings. The Morgan fingerprint density at radius 1 is 1.15 bits per heavy atom. The first kappa shape index (κ1) is 21.7. The number of thioether (sulfide) groups is 1. The molecule has 33 heavy (non-hydrogen) atoms. The molecule has 0 bridgehead atoms. The maximum absolute atomic E-state index is 13.3. The highest BCUT2D eigenvalue weighted by molar-refractivity contribution is 7.98. The standard InChI is InChI=1S/C25H25N3O4S/c1-16-21(26-23(32-16)19-10-4-6-12-22(19)30-2)15-33-25-27-20-11-5-3-9-18(20)24(29)28(25)14-17-8-7-13-31-17/h3-6,9-12,17H,7-8,13-15H2,1-2H3. The van der Waals surface area contributed by atoms with Crippen molar-refractivity contribution >= 4 is 22.7 Å². The predicted molar refractivity (Wildman–Crippen MR) is 128 cm³/mol. The molecular formula is C25H25N3O4S. The first-order valence-electron chi connectivity index (χ1n) is 11.0. The van der Waals surface area contributed by atoms with Crippen LogP contribution in [0.3, 0.4) is 0 Å². The average Bonchev–Trinajstić information content (AvgIpc) is 3.49. The van der Waals surface area contributed by atoms with Gasteiger partial charge < -0.3 is 13.9 Å². The van der Waals surface area contributed by atoms with E-state index in [-0.39, 0.29) is 11.7 Å². The number of fused-ring (bicyclic) bond motifs is 1. The molecule has 2 aromatic carbocycles. The van der Waals surface area contributed by atoms with Crippen LogP contribution in [0.25, 0.3) is 22.4 Å². The van der Waals surface area contributed by atoms with Gasteiger partial charge in [0.15, 0.2) is 5.16 Å². The normalized spacial score (nSPS) is 15.9. The van der Waals surface area contributed by atoms with Crippen LogP contribution in [0.4, 0.5) is 0 Å². The fraction of sp³-hybridized carbons (Fsp3) is 0.320. The highest BCUT2D eigenvalue weighted by Crippen LogP contribution is 2.32. The number of aryl methyl sites for hydroxylation is 1. The second-order valence-electron chi connectivity index (χ2n) is 7.97. The average molecular weight is 464 g/mol. The topological polar surface area (TPSA) is 79.4 Å². The number of hydrogen-bond donors (Lipinski definition) is 0. The van der Waals surface area contributed by atoms with E-state index in [2.05, 4.69) is 0 Å². The van der Waals surface area contributed by atoms with E-state index in [9.17, 15) is 4.79 Å². The number of benzene rings is 2. The summed E-state index contributed by atoms with van der Waals surface area (Å²) in [6, 6.07) is 15.1. The molecule has 8 heteroatoms. The van der Waals surface area contributed by atoms with E-state index >= 15 is 0 Å². The smallest absolute Gasteiger partial charge is 0.262 e. The number of aromatic nitrogens is 3. The van der Waals surface area contributed by atoms with Crippen molar-refractivity contribution in [3.05, 3.63) is 70.3 Å². The molecule has 0 N–H and O–H groups in total. The summed E-state index contributed by atoms with van der Waals surface area (Å²) in [7, 11) is 1.63. The first-order valence-corrected chi connectivity index (χ1v) is 12.0. The van der Waals surface area contributed by atoms with E-state index in [1.54, 1.807) is 11.7 Å². The van der Waals surface area contributed by atoms with Gasteiger partial charge in [-0.1, -0.05) is 36.0 Å². The van der Waals surface area contributed by atoms with Crippen molar-refractivity contribution in [2.45, 2.75) is 43.3 Å². The Morgan fingerprint density at radius 2 is 1.97 bits per heavy atom. The van der Waals surface area contributed by atoms with Gasteiger partial charge in [-0.2, -0.15) is 0 Å². The van der Waals surface area contributed by atoms with Crippen LogP contribution in [0.15, 0.2) is 62.9 Å². The third kappa shape index (κ3) is 4.41. The summed E-state index contributed by atoms with van der Waals surface area (Å²) < 4.78 is 18.9. The summed E-state index contributed by atoms with van der Waals surface area (Å²) in [4.78, 5) is 22.8. The zero-order valence-electron chi connectivity index (χ0n) is 18.6. The van der Waals surface area contributed by atoms with Gasteiger partial charge in [-0.25, -0.2) is 9.97 Å². The number of oxazole rings is 1. The van der Waals surface area contributed by atoms with Gasteiger partial charge >= 0.3 is 0 Å². The van der Waals surface area contributed by atoms with E-state index < -0.39 is 0 Å². The van der Waals surface area contributed by atoms with Crippen LogP contribution >= 0.6 is 11.8 Å². The highest BCUT2D eigenvalue weighted by atomic mass is 32.2. The monoisotopic (exact) mass is 463 g/mol. The lowest BCUT2D eigenvalue weighted by Crippen LogP contribution is -2.28. The minimum atomic E-state index is -0.0369. The van der Waals surface area contributed by atoms with Crippen molar-refractivity contribution in [3.63, 3.8) is 0 Å². The molecule has 0 amide bonds. The predicted octanol–water partition coefficient (Wildman–Crippen LogP) is 4.84. The summed E-state index contributed by atoms with van der Waals surface area (Å²) in [6.45, 7) is 3.14. The highest BCUT2D eigenvalue weighted by Gasteiger charge is 2.21.